The monoisotopic (exact) mass is 342 g/mol. The van der Waals surface area contributed by atoms with E-state index in [4.69, 9.17) is 0 Å². The molecule has 1 heterocycles. The molecule has 0 bridgehead atoms. The summed E-state index contributed by atoms with van der Waals surface area (Å²) >= 11 is 0. The summed E-state index contributed by atoms with van der Waals surface area (Å²) in [6.45, 7) is 7.04. The van der Waals surface area contributed by atoms with Gasteiger partial charge in [0.1, 0.15) is 0 Å². The van der Waals surface area contributed by atoms with Crippen LogP contribution in [0, 0.1) is 13.8 Å². The number of carbonyl (C=O) groups excluding carboxylic acids is 2. The number of hydrogen-bond donors (Lipinski definition) is 0. The Bertz CT molecular complexity index is 765. The first-order chi connectivity index (χ1) is 11.8. The maximum atomic E-state index is 12.7. The van der Waals surface area contributed by atoms with Crippen molar-refractivity contribution in [3.8, 4) is 0 Å². The number of rotatable bonds is 6. The van der Waals surface area contributed by atoms with Crippen LogP contribution in [-0.2, 0) is 11.3 Å². The molecule has 0 atom stereocenters. The van der Waals surface area contributed by atoms with Gasteiger partial charge in [-0.2, -0.15) is 5.10 Å². The van der Waals surface area contributed by atoms with Gasteiger partial charge in [0.2, 0.25) is 5.91 Å². The molecule has 6 nitrogen and oxygen atoms in total. The molecule has 0 saturated heterocycles. The second-order valence-corrected chi connectivity index (χ2v) is 6.39. The van der Waals surface area contributed by atoms with Gasteiger partial charge in [0.25, 0.3) is 5.91 Å². The van der Waals surface area contributed by atoms with E-state index in [1.807, 2.05) is 49.7 Å². The second-order valence-electron chi connectivity index (χ2n) is 6.39. The lowest BCUT2D eigenvalue weighted by molar-refractivity contribution is -0.129. The molecule has 2 aromatic rings. The summed E-state index contributed by atoms with van der Waals surface area (Å²) in [5.74, 6) is -0.220. The summed E-state index contributed by atoms with van der Waals surface area (Å²) in [6, 6.07) is 9.54. The second kappa shape index (κ2) is 7.96. The zero-order chi connectivity index (χ0) is 18.6. The third-order valence-corrected chi connectivity index (χ3v) is 4.10. The Morgan fingerprint density at radius 2 is 1.88 bits per heavy atom. The molecule has 25 heavy (non-hydrogen) atoms. The number of benzene rings is 1. The fourth-order valence-corrected chi connectivity index (χ4v) is 2.63. The summed E-state index contributed by atoms with van der Waals surface area (Å²) in [6.07, 6.45) is 0. The summed E-state index contributed by atoms with van der Waals surface area (Å²) < 4.78 is 1.92. The van der Waals surface area contributed by atoms with E-state index in [1.54, 1.807) is 25.1 Å². The molecule has 1 aromatic carbocycles. The highest BCUT2D eigenvalue weighted by Crippen LogP contribution is 2.12. The average Bonchev–Trinajstić information content (AvgIpc) is 2.89. The van der Waals surface area contributed by atoms with Gasteiger partial charge >= 0.3 is 0 Å². The van der Waals surface area contributed by atoms with Crippen molar-refractivity contribution >= 4 is 11.8 Å². The number of amides is 2. The fraction of sp³-hybridized carbons (Fsp3) is 0.421. The van der Waals surface area contributed by atoms with Crippen LogP contribution in [0.2, 0.25) is 0 Å². The molecule has 6 heteroatoms. The van der Waals surface area contributed by atoms with Crippen LogP contribution < -0.4 is 0 Å². The molecule has 0 spiro atoms. The van der Waals surface area contributed by atoms with Gasteiger partial charge in [0, 0.05) is 31.9 Å². The number of hydrogen-bond acceptors (Lipinski definition) is 3. The standard InChI is InChI=1S/C19H26N4O2/c1-6-22(13-18(24)21(4)5)19(25)17-9-7-8-16(11-17)12-23-15(3)10-14(2)20-23/h7-11H,6,12-13H2,1-5H3. The summed E-state index contributed by atoms with van der Waals surface area (Å²) in [5.41, 5.74) is 3.66. The van der Waals surface area contributed by atoms with Crippen molar-refractivity contribution in [2.75, 3.05) is 27.2 Å². The van der Waals surface area contributed by atoms with Crippen molar-refractivity contribution < 1.29 is 9.59 Å². The lowest BCUT2D eigenvalue weighted by atomic mass is 10.1. The van der Waals surface area contributed by atoms with Crippen LogP contribution in [-0.4, -0.2) is 58.6 Å². The SMILES string of the molecule is CCN(CC(=O)N(C)C)C(=O)c1cccc(Cn2nc(C)cc2C)c1. The maximum absolute atomic E-state index is 12.7. The third kappa shape index (κ3) is 4.68. The van der Waals surface area contributed by atoms with Gasteiger partial charge in [-0.15, -0.1) is 0 Å². The molecule has 0 aliphatic carbocycles. The summed E-state index contributed by atoms with van der Waals surface area (Å²) in [7, 11) is 3.38. The Morgan fingerprint density at radius 3 is 2.44 bits per heavy atom. The van der Waals surface area contributed by atoms with Gasteiger partial charge < -0.3 is 9.80 Å². The summed E-state index contributed by atoms with van der Waals surface area (Å²) in [5, 5.41) is 4.46. The van der Waals surface area contributed by atoms with E-state index in [9.17, 15) is 9.59 Å². The first-order valence-corrected chi connectivity index (χ1v) is 8.41. The normalized spacial score (nSPS) is 10.6. The lowest BCUT2D eigenvalue weighted by Gasteiger charge is -2.22. The Hall–Kier alpha value is -2.63. The Labute approximate surface area is 149 Å². The molecule has 0 saturated carbocycles. The Morgan fingerprint density at radius 1 is 1.16 bits per heavy atom. The van der Waals surface area contributed by atoms with Crippen LogP contribution in [0.3, 0.4) is 0 Å². The van der Waals surface area contributed by atoms with Gasteiger partial charge in [-0.3, -0.25) is 14.3 Å². The zero-order valence-corrected chi connectivity index (χ0v) is 15.6. The van der Waals surface area contributed by atoms with Crippen LogP contribution in [0.5, 0.6) is 0 Å². The van der Waals surface area contributed by atoms with Crippen LogP contribution in [0.15, 0.2) is 30.3 Å². The number of nitrogens with zero attached hydrogens (tertiary/aromatic N) is 4. The van der Waals surface area contributed by atoms with E-state index in [1.165, 1.54) is 4.90 Å². The molecule has 134 valence electrons. The highest BCUT2D eigenvalue weighted by Gasteiger charge is 2.18. The minimum Gasteiger partial charge on any atom is -0.347 e. The van der Waals surface area contributed by atoms with Crippen molar-refractivity contribution in [3.63, 3.8) is 0 Å². The number of aryl methyl sites for hydroxylation is 2. The van der Waals surface area contributed by atoms with E-state index in [-0.39, 0.29) is 18.4 Å². The molecular formula is C19H26N4O2. The minimum absolute atomic E-state index is 0.0873. The highest BCUT2D eigenvalue weighted by molar-refractivity contribution is 5.96. The lowest BCUT2D eigenvalue weighted by Crippen LogP contribution is -2.40. The van der Waals surface area contributed by atoms with Crippen molar-refractivity contribution in [1.29, 1.82) is 0 Å². The Kier molecular flexibility index (Phi) is 5.96. The predicted molar refractivity (Wildman–Crippen MR) is 97.5 cm³/mol. The molecule has 0 unspecified atom stereocenters. The molecule has 0 aliphatic rings. The quantitative estimate of drug-likeness (QED) is 0.808. The van der Waals surface area contributed by atoms with E-state index < -0.39 is 0 Å². The van der Waals surface area contributed by atoms with E-state index in [0.29, 0.717) is 18.7 Å². The molecule has 0 aliphatic heterocycles. The molecular weight excluding hydrogens is 316 g/mol. The van der Waals surface area contributed by atoms with Crippen molar-refractivity contribution in [2.45, 2.75) is 27.3 Å². The number of carbonyl (C=O) groups is 2. The van der Waals surface area contributed by atoms with Gasteiger partial charge in [-0.1, -0.05) is 12.1 Å². The van der Waals surface area contributed by atoms with E-state index >= 15 is 0 Å². The van der Waals surface area contributed by atoms with Crippen LogP contribution >= 0.6 is 0 Å². The van der Waals surface area contributed by atoms with Crippen LogP contribution in [0.4, 0.5) is 0 Å². The van der Waals surface area contributed by atoms with Crippen molar-refractivity contribution in [3.05, 3.63) is 52.8 Å². The number of likely N-dealkylation sites (N-methyl/N-ethyl adjacent to an activating group) is 2. The predicted octanol–water partition coefficient (Wildman–Crippen LogP) is 2.10. The molecule has 0 fully saturated rings. The van der Waals surface area contributed by atoms with Gasteiger partial charge in [-0.25, -0.2) is 0 Å². The van der Waals surface area contributed by atoms with Gasteiger partial charge in [0.05, 0.1) is 18.8 Å². The van der Waals surface area contributed by atoms with Crippen molar-refractivity contribution in [1.82, 2.24) is 19.6 Å². The maximum Gasteiger partial charge on any atom is 0.254 e. The topological polar surface area (TPSA) is 58.4 Å². The van der Waals surface area contributed by atoms with E-state index in [2.05, 4.69) is 5.10 Å². The Balaban J connectivity index is 2.17. The highest BCUT2D eigenvalue weighted by atomic mass is 16.2. The number of aromatic nitrogens is 2. The van der Waals surface area contributed by atoms with E-state index in [0.717, 1.165) is 17.0 Å². The molecule has 2 rings (SSSR count). The third-order valence-electron chi connectivity index (χ3n) is 4.10. The summed E-state index contributed by atoms with van der Waals surface area (Å²) in [4.78, 5) is 27.7. The zero-order valence-electron chi connectivity index (χ0n) is 15.6. The smallest absolute Gasteiger partial charge is 0.254 e. The largest absolute Gasteiger partial charge is 0.347 e. The van der Waals surface area contributed by atoms with Gasteiger partial charge in [-0.05, 0) is 44.5 Å². The molecule has 2 amide bonds. The van der Waals surface area contributed by atoms with Crippen molar-refractivity contribution in [2.24, 2.45) is 0 Å². The average molecular weight is 342 g/mol. The first-order valence-electron chi connectivity index (χ1n) is 8.41. The fourth-order valence-electron chi connectivity index (χ4n) is 2.63. The molecule has 1 aromatic heterocycles. The molecule has 0 radical (unpaired) electrons. The minimum atomic E-state index is -0.132. The van der Waals surface area contributed by atoms with Gasteiger partial charge in [0.15, 0.2) is 0 Å². The molecule has 0 N–H and O–H groups in total. The first kappa shape index (κ1) is 18.7. The van der Waals surface area contributed by atoms with Crippen LogP contribution in [0.25, 0.3) is 0 Å². The van der Waals surface area contributed by atoms with Crippen LogP contribution in [0.1, 0.15) is 34.2 Å².